The maximum absolute atomic E-state index is 13.0. The summed E-state index contributed by atoms with van der Waals surface area (Å²) < 4.78 is 55.6. The molecule has 0 aliphatic rings. The molecule has 0 aromatic heterocycles. The maximum Gasteiger partial charge on any atom is 0.416 e. The van der Waals surface area contributed by atoms with Crippen LogP contribution in [0.3, 0.4) is 0 Å². The largest absolute Gasteiger partial charge is 0.455 e. The fourth-order valence-corrected chi connectivity index (χ4v) is 1.66. The molecule has 0 amide bonds. The van der Waals surface area contributed by atoms with Crippen molar-refractivity contribution in [2.24, 2.45) is 0 Å². The molecule has 2 aromatic rings. The zero-order valence-corrected chi connectivity index (χ0v) is 10.6. The van der Waals surface area contributed by atoms with Gasteiger partial charge in [-0.15, -0.1) is 0 Å². The minimum atomic E-state index is -4.48. The number of hydrogen-bond donors (Lipinski definition) is 1. The monoisotopic (exact) mass is 305 g/mol. The Hall–Kier alpha value is -1.95. The summed E-state index contributed by atoms with van der Waals surface area (Å²) in [5, 5.41) is -0.159. The van der Waals surface area contributed by atoms with Crippen LogP contribution in [0.15, 0.2) is 36.4 Å². The molecule has 0 aliphatic carbocycles. The van der Waals surface area contributed by atoms with Gasteiger partial charge in [0.15, 0.2) is 0 Å². The van der Waals surface area contributed by atoms with Gasteiger partial charge in [0.1, 0.15) is 17.3 Å². The van der Waals surface area contributed by atoms with Crippen molar-refractivity contribution in [3.8, 4) is 11.5 Å². The average molecular weight is 306 g/mol. The van der Waals surface area contributed by atoms with E-state index in [0.29, 0.717) is 0 Å². The van der Waals surface area contributed by atoms with Gasteiger partial charge in [-0.25, -0.2) is 4.39 Å². The van der Waals surface area contributed by atoms with E-state index in [-0.39, 0.29) is 22.2 Å². The lowest BCUT2D eigenvalue weighted by Crippen LogP contribution is -2.06. The highest BCUT2D eigenvalue weighted by Gasteiger charge is 2.30. The highest BCUT2D eigenvalue weighted by molar-refractivity contribution is 6.30. The number of anilines is 1. The molecule has 0 saturated heterocycles. The first-order valence-electron chi connectivity index (χ1n) is 5.37. The van der Waals surface area contributed by atoms with E-state index in [2.05, 4.69) is 0 Å². The summed E-state index contributed by atoms with van der Waals surface area (Å²) in [6.45, 7) is 0. The Bertz CT molecular complexity index is 643. The first kappa shape index (κ1) is 14.5. The molecule has 20 heavy (non-hydrogen) atoms. The maximum atomic E-state index is 13.0. The van der Waals surface area contributed by atoms with Crippen LogP contribution in [0.1, 0.15) is 5.56 Å². The number of ether oxygens (including phenoxy) is 1. The number of hydrogen-bond acceptors (Lipinski definition) is 2. The topological polar surface area (TPSA) is 35.2 Å². The second-order valence-electron chi connectivity index (χ2n) is 3.93. The van der Waals surface area contributed by atoms with Crippen LogP contribution in [0.25, 0.3) is 0 Å². The fourth-order valence-electron chi connectivity index (χ4n) is 1.49. The van der Waals surface area contributed by atoms with Crippen LogP contribution in [-0.4, -0.2) is 0 Å². The molecule has 0 radical (unpaired) electrons. The van der Waals surface area contributed by atoms with E-state index < -0.39 is 17.6 Å². The van der Waals surface area contributed by atoms with Crippen LogP contribution in [0, 0.1) is 5.82 Å². The number of halogens is 5. The van der Waals surface area contributed by atoms with Gasteiger partial charge in [-0.2, -0.15) is 13.2 Å². The van der Waals surface area contributed by atoms with Crippen LogP contribution in [0.4, 0.5) is 23.2 Å². The lowest BCUT2D eigenvalue weighted by molar-refractivity contribution is -0.137. The number of nitrogens with two attached hydrogens (primary N) is 1. The minimum absolute atomic E-state index is 0.0284. The van der Waals surface area contributed by atoms with Crippen LogP contribution in [0.2, 0.25) is 5.02 Å². The molecule has 0 unspecified atom stereocenters. The summed E-state index contributed by atoms with van der Waals surface area (Å²) in [5.41, 5.74) is 4.45. The molecule has 7 heteroatoms. The first-order chi connectivity index (χ1) is 9.27. The third-order valence-corrected chi connectivity index (χ3v) is 2.75. The normalized spacial score (nSPS) is 11.4. The predicted octanol–water partition coefficient (Wildman–Crippen LogP) is 4.87. The smallest absolute Gasteiger partial charge is 0.416 e. The summed E-state index contributed by atoms with van der Waals surface area (Å²) in [4.78, 5) is 0. The van der Waals surface area contributed by atoms with Crippen LogP contribution >= 0.6 is 11.6 Å². The van der Waals surface area contributed by atoms with Gasteiger partial charge in [0.25, 0.3) is 0 Å². The summed E-state index contributed by atoms with van der Waals surface area (Å²) in [5.74, 6) is -0.428. The van der Waals surface area contributed by atoms with E-state index in [0.717, 1.165) is 24.3 Å². The van der Waals surface area contributed by atoms with Gasteiger partial charge in [-0.05, 0) is 30.3 Å². The number of alkyl halides is 3. The van der Waals surface area contributed by atoms with E-state index in [9.17, 15) is 17.6 Å². The Morgan fingerprint density at radius 2 is 1.75 bits per heavy atom. The van der Waals surface area contributed by atoms with E-state index in [4.69, 9.17) is 22.1 Å². The van der Waals surface area contributed by atoms with Gasteiger partial charge >= 0.3 is 6.18 Å². The molecule has 2 rings (SSSR count). The van der Waals surface area contributed by atoms with Crippen molar-refractivity contribution < 1.29 is 22.3 Å². The Kier molecular flexibility index (Phi) is 3.76. The molecule has 0 heterocycles. The lowest BCUT2D eigenvalue weighted by atomic mass is 10.2. The Balaban J connectivity index is 2.28. The van der Waals surface area contributed by atoms with Crippen molar-refractivity contribution in [1.82, 2.24) is 0 Å². The number of nitrogen functional groups attached to an aromatic ring is 1. The van der Waals surface area contributed by atoms with Crippen molar-refractivity contribution in [2.45, 2.75) is 6.18 Å². The lowest BCUT2D eigenvalue weighted by Gasteiger charge is -2.12. The van der Waals surface area contributed by atoms with E-state index in [1.165, 1.54) is 12.1 Å². The zero-order valence-electron chi connectivity index (χ0n) is 9.84. The van der Waals surface area contributed by atoms with Crippen molar-refractivity contribution >= 4 is 17.3 Å². The summed E-state index contributed by atoms with van der Waals surface area (Å²) in [7, 11) is 0. The second kappa shape index (κ2) is 5.20. The molecule has 2 nitrogen and oxygen atoms in total. The van der Waals surface area contributed by atoms with Crippen LogP contribution < -0.4 is 10.5 Å². The fraction of sp³-hybridized carbons (Fsp3) is 0.0769. The minimum Gasteiger partial charge on any atom is -0.455 e. The van der Waals surface area contributed by atoms with Gasteiger partial charge in [0, 0.05) is 6.07 Å². The molecule has 0 fully saturated rings. The van der Waals surface area contributed by atoms with Gasteiger partial charge in [0.05, 0.1) is 16.3 Å². The van der Waals surface area contributed by atoms with Crippen molar-refractivity contribution in [1.29, 1.82) is 0 Å². The van der Waals surface area contributed by atoms with E-state index >= 15 is 0 Å². The Morgan fingerprint density at radius 1 is 1.05 bits per heavy atom. The SMILES string of the molecule is Nc1cc(C(F)(F)F)ccc1Oc1ccc(F)c(Cl)c1. The predicted molar refractivity (Wildman–Crippen MR) is 67.3 cm³/mol. The van der Waals surface area contributed by atoms with Gasteiger partial charge in [-0.1, -0.05) is 11.6 Å². The Morgan fingerprint density at radius 3 is 2.30 bits per heavy atom. The average Bonchev–Trinajstić information content (AvgIpc) is 2.35. The number of benzene rings is 2. The van der Waals surface area contributed by atoms with Crippen molar-refractivity contribution in [3.63, 3.8) is 0 Å². The molecule has 0 atom stereocenters. The summed E-state index contributed by atoms with van der Waals surface area (Å²) >= 11 is 5.57. The van der Waals surface area contributed by atoms with E-state index in [1.807, 2.05) is 0 Å². The molecule has 0 saturated carbocycles. The first-order valence-corrected chi connectivity index (χ1v) is 5.75. The second-order valence-corrected chi connectivity index (χ2v) is 4.34. The molecular formula is C13H8ClF4NO. The Labute approximate surface area is 116 Å². The van der Waals surface area contributed by atoms with Gasteiger partial charge in [0.2, 0.25) is 0 Å². The third-order valence-electron chi connectivity index (χ3n) is 2.46. The third kappa shape index (κ3) is 3.14. The van der Waals surface area contributed by atoms with Crippen LogP contribution in [-0.2, 0) is 6.18 Å². The molecule has 0 bridgehead atoms. The molecule has 0 aliphatic heterocycles. The summed E-state index contributed by atoms with van der Waals surface area (Å²) in [6.07, 6.45) is -4.48. The van der Waals surface area contributed by atoms with Crippen molar-refractivity contribution in [2.75, 3.05) is 5.73 Å². The summed E-state index contributed by atoms with van der Waals surface area (Å²) in [6, 6.07) is 6.27. The van der Waals surface area contributed by atoms with E-state index in [1.54, 1.807) is 0 Å². The standard InChI is InChI=1S/C13H8ClF4NO/c14-9-6-8(2-3-10(9)15)20-12-4-1-7(5-11(12)19)13(16,17)18/h1-6H,19H2. The highest BCUT2D eigenvalue weighted by Crippen LogP contribution is 2.35. The molecule has 0 spiro atoms. The van der Waals surface area contributed by atoms with Crippen LogP contribution in [0.5, 0.6) is 11.5 Å². The van der Waals surface area contributed by atoms with Gasteiger partial charge in [-0.3, -0.25) is 0 Å². The molecule has 106 valence electrons. The van der Waals surface area contributed by atoms with Gasteiger partial charge < -0.3 is 10.5 Å². The quantitative estimate of drug-likeness (QED) is 0.634. The zero-order chi connectivity index (χ0) is 14.9. The number of rotatable bonds is 2. The van der Waals surface area contributed by atoms with Crippen molar-refractivity contribution in [3.05, 3.63) is 52.8 Å². The highest BCUT2D eigenvalue weighted by atomic mass is 35.5. The molecule has 2 N–H and O–H groups in total. The molecular weight excluding hydrogens is 298 g/mol. The molecule has 2 aromatic carbocycles.